The molecule has 0 saturated heterocycles. The van der Waals surface area contributed by atoms with Crippen LogP contribution < -0.4 is 9.46 Å². The highest BCUT2D eigenvalue weighted by Crippen LogP contribution is 2.32. The smallest absolute Gasteiger partial charge is 0.262 e. The molecule has 0 unspecified atom stereocenters. The van der Waals surface area contributed by atoms with Gasteiger partial charge in [0.1, 0.15) is 17.4 Å². The molecule has 0 aliphatic rings. The predicted molar refractivity (Wildman–Crippen MR) is 79.9 cm³/mol. The normalized spacial score (nSPS) is 11.3. The van der Waals surface area contributed by atoms with Crippen molar-refractivity contribution in [2.75, 3.05) is 11.8 Å². The van der Waals surface area contributed by atoms with Gasteiger partial charge in [-0.05, 0) is 30.7 Å². The average Bonchev–Trinajstić information content (AvgIpc) is 2.41. The molecular weight excluding hydrogens is 336 g/mol. The Balaban J connectivity index is 2.47. The molecule has 0 atom stereocenters. The van der Waals surface area contributed by atoms with Crippen molar-refractivity contribution in [2.24, 2.45) is 0 Å². The Labute approximate surface area is 131 Å². The Kier molecular flexibility index (Phi) is 4.58. The fourth-order valence-corrected chi connectivity index (χ4v) is 3.06. The fraction of sp³-hybridized carbons (Fsp3) is 0.143. The first-order valence-electron chi connectivity index (χ1n) is 6.06. The van der Waals surface area contributed by atoms with Crippen molar-refractivity contribution >= 4 is 27.3 Å². The molecule has 0 spiro atoms. The minimum Gasteiger partial charge on any atom is -0.495 e. The summed E-state index contributed by atoms with van der Waals surface area (Å²) in [6, 6.07) is 4.95. The number of methoxy groups -OCH3 is 1. The van der Waals surface area contributed by atoms with Crippen molar-refractivity contribution in [1.29, 1.82) is 0 Å². The Morgan fingerprint density at radius 1 is 1.09 bits per heavy atom. The van der Waals surface area contributed by atoms with E-state index in [0.29, 0.717) is 16.7 Å². The molecule has 22 heavy (non-hydrogen) atoms. The van der Waals surface area contributed by atoms with Crippen molar-refractivity contribution in [3.63, 3.8) is 0 Å². The lowest BCUT2D eigenvalue weighted by molar-refractivity contribution is 0.417. The topological polar surface area (TPSA) is 55.4 Å². The van der Waals surface area contributed by atoms with Gasteiger partial charge in [-0.25, -0.2) is 17.2 Å². The van der Waals surface area contributed by atoms with E-state index in [9.17, 15) is 17.2 Å². The summed E-state index contributed by atoms with van der Waals surface area (Å²) in [5.41, 5.74) is 0.736. The summed E-state index contributed by atoms with van der Waals surface area (Å²) in [7, 11) is -2.83. The second-order valence-electron chi connectivity index (χ2n) is 4.51. The largest absolute Gasteiger partial charge is 0.495 e. The SMILES string of the molecule is COc1cc(Cl)c(C)cc1NS(=O)(=O)c1cc(F)cc(F)c1. The monoisotopic (exact) mass is 347 g/mol. The van der Waals surface area contributed by atoms with Crippen LogP contribution in [-0.2, 0) is 10.0 Å². The minimum absolute atomic E-state index is 0.120. The van der Waals surface area contributed by atoms with Crippen molar-refractivity contribution in [2.45, 2.75) is 11.8 Å². The van der Waals surface area contributed by atoms with Crippen LogP contribution in [0.15, 0.2) is 35.2 Å². The van der Waals surface area contributed by atoms with Gasteiger partial charge in [0.25, 0.3) is 10.0 Å². The molecule has 2 aromatic carbocycles. The molecule has 0 fully saturated rings. The molecule has 0 bridgehead atoms. The lowest BCUT2D eigenvalue weighted by atomic mass is 10.2. The molecule has 0 aliphatic heterocycles. The summed E-state index contributed by atoms with van der Waals surface area (Å²) >= 11 is 5.94. The summed E-state index contributed by atoms with van der Waals surface area (Å²) in [6.45, 7) is 1.68. The fourth-order valence-electron chi connectivity index (χ4n) is 1.80. The average molecular weight is 348 g/mol. The van der Waals surface area contributed by atoms with E-state index in [4.69, 9.17) is 16.3 Å². The van der Waals surface area contributed by atoms with Gasteiger partial charge in [-0.1, -0.05) is 11.6 Å². The van der Waals surface area contributed by atoms with E-state index >= 15 is 0 Å². The van der Waals surface area contributed by atoms with Crippen LogP contribution in [0.1, 0.15) is 5.56 Å². The highest BCUT2D eigenvalue weighted by atomic mass is 35.5. The highest BCUT2D eigenvalue weighted by Gasteiger charge is 2.19. The lowest BCUT2D eigenvalue weighted by Gasteiger charge is -2.13. The first-order valence-corrected chi connectivity index (χ1v) is 7.92. The van der Waals surface area contributed by atoms with Crippen LogP contribution in [0, 0.1) is 18.6 Å². The second-order valence-corrected chi connectivity index (χ2v) is 6.60. The van der Waals surface area contributed by atoms with Crippen LogP contribution in [0.5, 0.6) is 5.75 Å². The third kappa shape index (κ3) is 3.48. The first kappa shape index (κ1) is 16.5. The van der Waals surface area contributed by atoms with E-state index in [-0.39, 0.29) is 11.4 Å². The van der Waals surface area contributed by atoms with Gasteiger partial charge in [-0.3, -0.25) is 4.72 Å². The molecule has 0 radical (unpaired) electrons. The van der Waals surface area contributed by atoms with E-state index in [1.807, 2.05) is 0 Å². The number of hydrogen-bond donors (Lipinski definition) is 1. The molecule has 0 heterocycles. The molecule has 4 nitrogen and oxygen atoms in total. The highest BCUT2D eigenvalue weighted by molar-refractivity contribution is 7.92. The molecule has 1 N–H and O–H groups in total. The molecule has 0 saturated carbocycles. The Morgan fingerprint density at radius 2 is 1.68 bits per heavy atom. The molecule has 0 aromatic heterocycles. The molecular formula is C14H12ClF2NO3S. The van der Waals surface area contributed by atoms with Crippen molar-refractivity contribution in [3.05, 3.63) is 52.6 Å². The van der Waals surface area contributed by atoms with Gasteiger partial charge in [0, 0.05) is 17.2 Å². The number of ether oxygens (including phenoxy) is 1. The molecule has 2 rings (SSSR count). The zero-order valence-corrected chi connectivity index (χ0v) is 13.2. The predicted octanol–water partition coefficient (Wildman–Crippen LogP) is 3.74. The first-order chi connectivity index (χ1) is 10.2. The number of anilines is 1. The second kappa shape index (κ2) is 6.10. The standard InChI is InChI=1S/C14H12ClF2NO3S/c1-8-3-13(14(21-2)7-12(8)15)18-22(19,20)11-5-9(16)4-10(17)6-11/h3-7,18H,1-2H3. The van der Waals surface area contributed by atoms with Gasteiger partial charge >= 0.3 is 0 Å². The van der Waals surface area contributed by atoms with Crippen molar-refractivity contribution in [1.82, 2.24) is 0 Å². The van der Waals surface area contributed by atoms with Crippen LogP contribution >= 0.6 is 11.6 Å². The molecule has 118 valence electrons. The summed E-state index contributed by atoms with van der Waals surface area (Å²) in [4.78, 5) is -0.528. The maximum Gasteiger partial charge on any atom is 0.262 e. The quantitative estimate of drug-likeness (QED) is 0.916. The minimum atomic E-state index is -4.17. The summed E-state index contributed by atoms with van der Waals surface area (Å²) in [5, 5.41) is 0.400. The van der Waals surface area contributed by atoms with E-state index in [2.05, 4.69) is 4.72 Å². The Morgan fingerprint density at radius 3 is 2.23 bits per heavy atom. The van der Waals surface area contributed by atoms with Crippen LogP contribution in [0.3, 0.4) is 0 Å². The maximum absolute atomic E-state index is 13.2. The summed E-state index contributed by atoms with van der Waals surface area (Å²) in [5.74, 6) is -1.78. The van der Waals surface area contributed by atoms with Crippen molar-refractivity contribution < 1.29 is 21.9 Å². The number of hydrogen-bond acceptors (Lipinski definition) is 3. The van der Waals surface area contributed by atoms with Gasteiger partial charge in [-0.2, -0.15) is 0 Å². The summed E-state index contributed by atoms with van der Waals surface area (Å²) in [6.07, 6.45) is 0. The Bertz CT molecular complexity index is 805. The van der Waals surface area contributed by atoms with Gasteiger partial charge < -0.3 is 4.74 Å². The molecule has 8 heteroatoms. The van der Waals surface area contributed by atoms with Gasteiger partial charge in [0.05, 0.1) is 17.7 Å². The third-order valence-electron chi connectivity index (χ3n) is 2.87. The van der Waals surface area contributed by atoms with Gasteiger partial charge in [0.2, 0.25) is 0 Å². The van der Waals surface area contributed by atoms with E-state index < -0.39 is 26.6 Å². The number of aryl methyl sites for hydroxylation is 1. The van der Waals surface area contributed by atoms with E-state index in [0.717, 1.165) is 12.1 Å². The number of rotatable bonds is 4. The zero-order chi connectivity index (χ0) is 16.5. The molecule has 0 aliphatic carbocycles. The van der Waals surface area contributed by atoms with Gasteiger partial charge in [0.15, 0.2) is 0 Å². The van der Waals surface area contributed by atoms with E-state index in [1.54, 1.807) is 6.92 Å². The van der Waals surface area contributed by atoms with Crippen LogP contribution in [0.25, 0.3) is 0 Å². The van der Waals surface area contributed by atoms with Crippen molar-refractivity contribution in [3.8, 4) is 5.75 Å². The number of sulfonamides is 1. The van der Waals surface area contributed by atoms with E-state index in [1.165, 1.54) is 19.2 Å². The van der Waals surface area contributed by atoms with Crippen LogP contribution in [0.4, 0.5) is 14.5 Å². The molecule has 0 amide bonds. The third-order valence-corrected chi connectivity index (χ3v) is 4.62. The maximum atomic E-state index is 13.2. The number of nitrogens with one attached hydrogen (secondary N) is 1. The van der Waals surface area contributed by atoms with Gasteiger partial charge in [-0.15, -0.1) is 0 Å². The zero-order valence-electron chi connectivity index (χ0n) is 11.7. The summed E-state index contributed by atoms with van der Waals surface area (Å²) < 4.78 is 58.1. The lowest BCUT2D eigenvalue weighted by Crippen LogP contribution is -2.14. The number of halogens is 3. The number of benzene rings is 2. The van der Waals surface area contributed by atoms with Crippen LogP contribution in [0.2, 0.25) is 5.02 Å². The molecule has 2 aromatic rings. The Hall–Kier alpha value is -1.86. The van der Waals surface area contributed by atoms with Crippen LogP contribution in [-0.4, -0.2) is 15.5 Å².